The summed E-state index contributed by atoms with van der Waals surface area (Å²) in [5, 5.41) is 28.9. The van der Waals surface area contributed by atoms with Gasteiger partial charge in [0, 0.05) is 0 Å². The van der Waals surface area contributed by atoms with Gasteiger partial charge in [0.2, 0.25) is 5.60 Å². The van der Waals surface area contributed by atoms with E-state index in [1.54, 1.807) is 0 Å². The minimum Gasteiger partial charge on any atom is -0.544 e. The third kappa shape index (κ3) is 2.43. The number of likely N-dealkylation sites (N-methyl/N-ethyl adjacent to an activating group) is 1. The van der Waals surface area contributed by atoms with Crippen LogP contribution in [-0.4, -0.2) is 59.4 Å². The Labute approximate surface area is 82.0 Å². The number of carboxylic acids is 2. The van der Waals surface area contributed by atoms with E-state index in [-0.39, 0.29) is 4.48 Å². The smallest absolute Gasteiger partial charge is 0.342 e. The molecule has 82 valence electrons. The van der Waals surface area contributed by atoms with Crippen LogP contribution in [0.4, 0.5) is 0 Å². The lowest BCUT2D eigenvalue weighted by Gasteiger charge is -2.40. The predicted molar refractivity (Wildman–Crippen MR) is 45.1 cm³/mol. The molecule has 0 saturated heterocycles. The molecule has 0 aromatic carbocycles. The van der Waals surface area contributed by atoms with Crippen LogP contribution in [0.1, 0.15) is 6.92 Å². The summed E-state index contributed by atoms with van der Waals surface area (Å²) in [7, 11) is 4.41. The van der Waals surface area contributed by atoms with E-state index in [4.69, 9.17) is 5.11 Å². The van der Waals surface area contributed by atoms with Crippen molar-refractivity contribution in [1.29, 1.82) is 0 Å². The number of aliphatic carboxylic acids is 2. The first-order valence-corrected chi connectivity index (χ1v) is 3.99. The molecule has 0 heterocycles. The molecule has 0 rings (SSSR count). The summed E-state index contributed by atoms with van der Waals surface area (Å²) in [5.74, 6) is -3.18. The second kappa shape index (κ2) is 3.55. The summed E-state index contributed by atoms with van der Waals surface area (Å²) in [4.78, 5) is 21.4. The highest BCUT2D eigenvalue weighted by atomic mass is 16.4. The van der Waals surface area contributed by atoms with Crippen LogP contribution in [-0.2, 0) is 9.59 Å². The molecule has 2 atom stereocenters. The maximum absolute atomic E-state index is 10.7. The highest BCUT2D eigenvalue weighted by Crippen LogP contribution is 2.18. The van der Waals surface area contributed by atoms with Gasteiger partial charge >= 0.3 is 5.97 Å². The van der Waals surface area contributed by atoms with Gasteiger partial charge in [0.15, 0.2) is 6.04 Å². The van der Waals surface area contributed by atoms with Crippen LogP contribution in [0.15, 0.2) is 0 Å². The molecule has 0 aliphatic rings. The average molecular weight is 205 g/mol. The molecule has 0 aliphatic carbocycles. The maximum atomic E-state index is 10.7. The minimum absolute atomic E-state index is 0.234. The quantitative estimate of drug-likeness (QED) is 0.501. The second-order valence-electron chi connectivity index (χ2n) is 4.29. The number of hydrogen-bond acceptors (Lipinski definition) is 4. The Morgan fingerprint density at radius 2 is 1.71 bits per heavy atom. The van der Waals surface area contributed by atoms with E-state index < -0.39 is 23.6 Å². The highest BCUT2D eigenvalue weighted by Gasteiger charge is 2.48. The Morgan fingerprint density at radius 3 is 1.79 bits per heavy atom. The topological polar surface area (TPSA) is 97.7 Å². The molecular formula is C8H15NO5. The van der Waals surface area contributed by atoms with Crippen molar-refractivity contribution in [3.8, 4) is 0 Å². The molecular weight excluding hydrogens is 190 g/mol. The molecule has 0 amide bonds. The Morgan fingerprint density at radius 1 is 1.36 bits per heavy atom. The molecule has 0 saturated carbocycles. The molecule has 0 spiro atoms. The van der Waals surface area contributed by atoms with Gasteiger partial charge in [-0.2, -0.15) is 0 Å². The van der Waals surface area contributed by atoms with E-state index in [0.29, 0.717) is 0 Å². The van der Waals surface area contributed by atoms with E-state index >= 15 is 0 Å². The summed E-state index contributed by atoms with van der Waals surface area (Å²) in [6.07, 6.45) is 0. The van der Waals surface area contributed by atoms with Gasteiger partial charge in [0.25, 0.3) is 0 Å². The lowest BCUT2D eigenvalue weighted by molar-refractivity contribution is -0.895. The van der Waals surface area contributed by atoms with Crippen molar-refractivity contribution in [1.82, 2.24) is 0 Å². The molecule has 0 fully saturated rings. The summed E-state index contributed by atoms with van der Waals surface area (Å²) < 4.78 is -0.234. The van der Waals surface area contributed by atoms with Crippen molar-refractivity contribution in [3.63, 3.8) is 0 Å². The van der Waals surface area contributed by atoms with E-state index in [9.17, 15) is 19.8 Å². The number of carboxylic acid groups (broad SMARTS) is 2. The van der Waals surface area contributed by atoms with Gasteiger partial charge in [-0.1, -0.05) is 0 Å². The average Bonchev–Trinajstić information content (AvgIpc) is 1.79. The number of aliphatic hydroxyl groups is 1. The largest absolute Gasteiger partial charge is 0.544 e. The van der Waals surface area contributed by atoms with Crippen molar-refractivity contribution in [2.75, 3.05) is 21.1 Å². The van der Waals surface area contributed by atoms with Gasteiger partial charge in [-0.15, -0.1) is 0 Å². The van der Waals surface area contributed by atoms with E-state index in [2.05, 4.69) is 0 Å². The second-order valence-corrected chi connectivity index (χ2v) is 4.29. The monoisotopic (exact) mass is 205 g/mol. The van der Waals surface area contributed by atoms with Crippen LogP contribution in [0.25, 0.3) is 0 Å². The summed E-state index contributed by atoms with van der Waals surface area (Å²) >= 11 is 0. The fraction of sp³-hybridized carbons (Fsp3) is 0.750. The summed E-state index contributed by atoms with van der Waals surface area (Å²) in [6, 6.07) is -1.53. The van der Waals surface area contributed by atoms with E-state index in [1.165, 1.54) is 21.1 Å². The highest BCUT2D eigenvalue weighted by molar-refractivity contribution is 5.85. The van der Waals surface area contributed by atoms with Crippen LogP contribution in [0, 0.1) is 0 Å². The van der Waals surface area contributed by atoms with Crippen LogP contribution >= 0.6 is 0 Å². The fourth-order valence-corrected chi connectivity index (χ4v) is 1.42. The lowest BCUT2D eigenvalue weighted by atomic mass is 9.94. The SMILES string of the molecule is CC(O)(C(=O)O)C(C(=O)[O-])[N+](C)(C)C. The molecule has 0 radical (unpaired) electrons. The van der Waals surface area contributed by atoms with Gasteiger partial charge in [-0.3, -0.25) is 0 Å². The third-order valence-electron chi connectivity index (χ3n) is 1.96. The predicted octanol–water partition coefficient (Wildman–Crippen LogP) is -2.35. The van der Waals surface area contributed by atoms with Crippen LogP contribution < -0.4 is 5.11 Å². The molecule has 6 heteroatoms. The molecule has 0 aliphatic heterocycles. The number of nitrogens with zero attached hydrogens (tertiary/aromatic N) is 1. The zero-order valence-corrected chi connectivity index (χ0v) is 8.64. The third-order valence-corrected chi connectivity index (χ3v) is 1.96. The Bertz CT molecular complexity index is 253. The van der Waals surface area contributed by atoms with Crippen LogP contribution in [0.2, 0.25) is 0 Å². The van der Waals surface area contributed by atoms with Gasteiger partial charge in [0.05, 0.1) is 21.1 Å². The molecule has 0 aromatic rings. The molecule has 14 heavy (non-hydrogen) atoms. The van der Waals surface area contributed by atoms with Crippen molar-refractivity contribution in [2.45, 2.75) is 18.6 Å². The summed E-state index contributed by atoms with van der Waals surface area (Å²) in [6.45, 7) is 0.944. The van der Waals surface area contributed by atoms with Crippen LogP contribution in [0.3, 0.4) is 0 Å². The first kappa shape index (κ1) is 12.9. The van der Waals surface area contributed by atoms with Gasteiger partial charge in [0.1, 0.15) is 5.97 Å². The zero-order valence-electron chi connectivity index (χ0n) is 8.64. The van der Waals surface area contributed by atoms with Gasteiger partial charge in [-0.05, 0) is 6.92 Å². The van der Waals surface area contributed by atoms with E-state index in [1.807, 2.05) is 0 Å². The molecule has 2 unspecified atom stereocenters. The Hall–Kier alpha value is -1.14. The maximum Gasteiger partial charge on any atom is 0.342 e. The van der Waals surface area contributed by atoms with Crippen molar-refractivity contribution in [2.24, 2.45) is 0 Å². The lowest BCUT2D eigenvalue weighted by Crippen LogP contribution is -2.67. The molecule has 6 nitrogen and oxygen atoms in total. The standard InChI is InChI=1S/C8H15NO5/c1-8(14,7(12)13)5(6(10)11)9(2,3)4/h5,14H,1-4H3,(H-,10,11,12,13). The number of rotatable bonds is 4. The number of quaternary nitrogens is 1. The molecule has 0 bridgehead atoms. The van der Waals surface area contributed by atoms with Gasteiger partial charge < -0.3 is 24.6 Å². The van der Waals surface area contributed by atoms with Gasteiger partial charge in [-0.25, -0.2) is 4.79 Å². The normalized spacial score (nSPS) is 18.4. The van der Waals surface area contributed by atoms with E-state index in [0.717, 1.165) is 6.92 Å². The fourth-order valence-electron chi connectivity index (χ4n) is 1.42. The number of carbonyl (C=O) groups is 2. The van der Waals surface area contributed by atoms with Crippen molar-refractivity contribution < 1.29 is 29.4 Å². The first-order valence-electron chi connectivity index (χ1n) is 3.99. The molecule has 2 N–H and O–H groups in total. The van der Waals surface area contributed by atoms with Crippen molar-refractivity contribution >= 4 is 11.9 Å². The number of hydrogen-bond donors (Lipinski definition) is 2. The Kier molecular flexibility index (Phi) is 3.26. The first-order chi connectivity index (χ1) is 6.01. The minimum atomic E-state index is -2.35. The van der Waals surface area contributed by atoms with Crippen LogP contribution in [0.5, 0.6) is 0 Å². The van der Waals surface area contributed by atoms with Crippen molar-refractivity contribution in [3.05, 3.63) is 0 Å². The Balaban J connectivity index is 5.24. The number of carbonyl (C=O) groups excluding carboxylic acids is 1. The summed E-state index contributed by atoms with van der Waals surface area (Å²) in [5.41, 5.74) is -2.35. The molecule has 0 aromatic heterocycles. The zero-order chi connectivity index (χ0) is 11.7.